The number of carbonyl (C=O) groups excluding carboxylic acids is 2. The third-order valence-electron chi connectivity index (χ3n) is 2.67. The molecular formula is C13H26INO3. The number of nitrogens with zero attached hydrogens (tertiary/aromatic N) is 1. The Balaban J connectivity index is 0. The summed E-state index contributed by atoms with van der Waals surface area (Å²) in [6, 6.07) is 0. The van der Waals surface area contributed by atoms with E-state index >= 15 is 0 Å². The molecule has 0 aliphatic carbocycles. The molecule has 108 valence electrons. The number of esters is 1. The number of halogens is 1. The largest absolute Gasteiger partial charge is 1.00 e. The van der Waals surface area contributed by atoms with E-state index in [2.05, 4.69) is 0 Å². The first-order valence-corrected chi connectivity index (χ1v) is 6.15. The van der Waals surface area contributed by atoms with Crippen molar-refractivity contribution in [2.75, 3.05) is 34.3 Å². The van der Waals surface area contributed by atoms with Crippen LogP contribution < -0.4 is 24.0 Å². The molecule has 0 rings (SSSR count). The van der Waals surface area contributed by atoms with Crippen LogP contribution in [0.2, 0.25) is 0 Å². The summed E-state index contributed by atoms with van der Waals surface area (Å²) in [6.45, 7) is 6.35. The fourth-order valence-corrected chi connectivity index (χ4v) is 1.84. The van der Waals surface area contributed by atoms with Gasteiger partial charge in [-0.05, 0) is 20.3 Å². The summed E-state index contributed by atoms with van der Waals surface area (Å²) in [5.74, 6) is -0.348. The van der Waals surface area contributed by atoms with Gasteiger partial charge in [0.25, 0.3) is 0 Å². The number of ketones is 1. The fourth-order valence-electron chi connectivity index (χ4n) is 1.84. The molecule has 18 heavy (non-hydrogen) atoms. The fraction of sp³-hybridized carbons (Fsp3) is 0.846. The van der Waals surface area contributed by atoms with Crippen LogP contribution in [0.4, 0.5) is 0 Å². The molecule has 0 fully saturated rings. The summed E-state index contributed by atoms with van der Waals surface area (Å²) in [4.78, 5) is 23.1. The lowest BCUT2D eigenvalue weighted by Crippen LogP contribution is -3.00. The molecule has 2 atom stereocenters. The van der Waals surface area contributed by atoms with Crippen LogP contribution in [0.5, 0.6) is 0 Å². The van der Waals surface area contributed by atoms with Gasteiger partial charge in [-0.15, -0.1) is 0 Å². The van der Waals surface area contributed by atoms with E-state index in [1.807, 2.05) is 28.1 Å². The van der Waals surface area contributed by atoms with E-state index in [9.17, 15) is 9.59 Å². The lowest BCUT2D eigenvalue weighted by Gasteiger charge is -2.29. The van der Waals surface area contributed by atoms with Crippen molar-refractivity contribution in [3.05, 3.63) is 0 Å². The van der Waals surface area contributed by atoms with Crippen LogP contribution in [0.15, 0.2) is 0 Å². The van der Waals surface area contributed by atoms with E-state index in [-0.39, 0.29) is 47.6 Å². The van der Waals surface area contributed by atoms with E-state index in [0.717, 1.165) is 11.0 Å². The molecule has 0 aliphatic rings. The van der Waals surface area contributed by atoms with Crippen molar-refractivity contribution in [2.24, 2.45) is 11.8 Å². The van der Waals surface area contributed by atoms with Crippen molar-refractivity contribution in [2.45, 2.75) is 27.2 Å². The molecule has 0 aromatic heterocycles. The maximum atomic E-state index is 11.6. The van der Waals surface area contributed by atoms with Gasteiger partial charge in [-0.1, -0.05) is 6.92 Å². The third kappa shape index (κ3) is 8.85. The Labute approximate surface area is 128 Å². The van der Waals surface area contributed by atoms with Crippen molar-refractivity contribution < 1.29 is 42.8 Å². The topological polar surface area (TPSA) is 43.4 Å². The first kappa shape index (κ1) is 20.2. The molecule has 2 unspecified atom stereocenters. The molecule has 0 amide bonds. The highest BCUT2D eigenvalue weighted by molar-refractivity contribution is 5.79. The highest BCUT2D eigenvalue weighted by Crippen LogP contribution is 2.17. The van der Waals surface area contributed by atoms with Crippen LogP contribution in [-0.4, -0.2) is 50.5 Å². The van der Waals surface area contributed by atoms with Gasteiger partial charge >= 0.3 is 5.97 Å². The molecule has 0 heterocycles. The van der Waals surface area contributed by atoms with Crippen LogP contribution in [0.1, 0.15) is 27.2 Å². The zero-order valence-corrected chi connectivity index (χ0v) is 14.5. The number of quaternary nitrogens is 1. The van der Waals surface area contributed by atoms with Crippen LogP contribution >= 0.6 is 0 Å². The minimum absolute atomic E-state index is 0. The van der Waals surface area contributed by atoms with E-state index < -0.39 is 0 Å². The van der Waals surface area contributed by atoms with E-state index in [0.29, 0.717) is 13.0 Å². The third-order valence-corrected chi connectivity index (χ3v) is 2.67. The van der Waals surface area contributed by atoms with Crippen LogP contribution in [0.3, 0.4) is 0 Å². The molecule has 0 aromatic carbocycles. The molecule has 0 aromatic rings. The van der Waals surface area contributed by atoms with Gasteiger partial charge < -0.3 is 33.2 Å². The second-order valence-electron chi connectivity index (χ2n) is 5.67. The maximum Gasteiger partial charge on any atom is 0.308 e. The highest BCUT2D eigenvalue weighted by Gasteiger charge is 2.27. The molecule has 0 radical (unpaired) electrons. The number of hydrogen-bond acceptors (Lipinski definition) is 3. The molecule has 0 aliphatic heterocycles. The maximum absolute atomic E-state index is 11.6. The van der Waals surface area contributed by atoms with Crippen molar-refractivity contribution in [1.29, 1.82) is 0 Å². The Hall–Kier alpha value is -0.170. The molecule has 0 saturated heterocycles. The first-order valence-electron chi connectivity index (χ1n) is 6.15. The number of carbonyl (C=O) groups is 2. The zero-order valence-electron chi connectivity index (χ0n) is 12.3. The normalized spacial score (nSPS) is 14.3. The Bertz CT molecular complexity index is 274. The van der Waals surface area contributed by atoms with Crippen molar-refractivity contribution in [3.8, 4) is 0 Å². The van der Waals surface area contributed by atoms with Gasteiger partial charge in [0, 0.05) is 0 Å². The minimum Gasteiger partial charge on any atom is -1.00 e. The lowest BCUT2D eigenvalue weighted by molar-refractivity contribution is -0.872. The molecule has 0 spiro atoms. The Kier molecular flexibility index (Phi) is 9.91. The summed E-state index contributed by atoms with van der Waals surface area (Å²) in [5, 5.41) is 0. The van der Waals surface area contributed by atoms with Crippen molar-refractivity contribution >= 4 is 11.8 Å². The van der Waals surface area contributed by atoms with Crippen molar-refractivity contribution in [1.82, 2.24) is 0 Å². The van der Waals surface area contributed by atoms with E-state index in [4.69, 9.17) is 4.74 Å². The van der Waals surface area contributed by atoms with Gasteiger partial charge in [-0.2, -0.15) is 0 Å². The quantitative estimate of drug-likeness (QED) is 0.311. The van der Waals surface area contributed by atoms with Gasteiger partial charge in [-0.25, -0.2) is 0 Å². The van der Waals surface area contributed by atoms with Gasteiger partial charge in [0.15, 0.2) is 0 Å². The second-order valence-corrected chi connectivity index (χ2v) is 5.67. The summed E-state index contributed by atoms with van der Waals surface area (Å²) < 4.78 is 5.68. The van der Waals surface area contributed by atoms with Crippen LogP contribution in [0.25, 0.3) is 0 Å². The average Bonchev–Trinajstić information content (AvgIpc) is 2.14. The van der Waals surface area contributed by atoms with Crippen molar-refractivity contribution in [3.63, 3.8) is 0 Å². The molecule has 5 heteroatoms. The Morgan fingerprint density at radius 1 is 1.22 bits per heavy atom. The second kappa shape index (κ2) is 8.85. The first-order chi connectivity index (χ1) is 7.67. The zero-order chi connectivity index (χ0) is 13.6. The Morgan fingerprint density at radius 3 is 2.06 bits per heavy atom. The number of rotatable bonds is 7. The van der Waals surface area contributed by atoms with Crippen LogP contribution in [-0.2, 0) is 14.3 Å². The molecule has 0 N–H and O–H groups in total. The van der Waals surface area contributed by atoms with Gasteiger partial charge in [0.05, 0.1) is 46.1 Å². The molecule has 0 bridgehead atoms. The lowest BCUT2D eigenvalue weighted by atomic mass is 9.92. The molecule has 4 nitrogen and oxygen atoms in total. The van der Waals surface area contributed by atoms with E-state index in [1.54, 1.807) is 13.8 Å². The summed E-state index contributed by atoms with van der Waals surface area (Å²) in [7, 11) is 6.14. The summed E-state index contributed by atoms with van der Waals surface area (Å²) >= 11 is 0. The van der Waals surface area contributed by atoms with E-state index in [1.165, 1.54) is 0 Å². The van der Waals surface area contributed by atoms with Gasteiger partial charge in [0.1, 0.15) is 5.78 Å². The molecular weight excluding hydrogens is 345 g/mol. The number of hydrogen-bond donors (Lipinski definition) is 0. The smallest absolute Gasteiger partial charge is 0.308 e. The summed E-state index contributed by atoms with van der Waals surface area (Å²) in [5.41, 5.74) is 0. The SMILES string of the molecule is CCOC(=O)C(C)CC(C[N+](C)(C)C)C(C)=O.[I-]. The predicted octanol–water partition coefficient (Wildman–Crippen LogP) is -1.51. The standard InChI is InChI=1S/C13H26NO3.HI/c1-7-17-13(16)10(2)8-12(11(3)15)9-14(4,5)6;/h10,12H,7-9H2,1-6H3;1H/q+1;/p-1. The van der Waals surface area contributed by atoms with Gasteiger partial charge in [-0.3, -0.25) is 9.59 Å². The average molecular weight is 371 g/mol. The monoisotopic (exact) mass is 371 g/mol. The number of ether oxygens (including phenoxy) is 1. The minimum atomic E-state index is -0.213. The summed E-state index contributed by atoms with van der Waals surface area (Å²) in [6.07, 6.45) is 0.573. The van der Waals surface area contributed by atoms with Crippen LogP contribution in [0, 0.1) is 11.8 Å². The Morgan fingerprint density at radius 2 is 1.72 bits per heavy atom. The predicted molar refractivity (Wildman–Crippen MR) is 67.5 cm³/mol. The number of Topliss-reactive ketones (excluding diaryl/α,β-unsaturated/α-hetero) is 1. The van der Waals surface area contributed by atoms with Gasteiger partial charge in [0.2, 0.25) is 0 Å². The molecule has 0 saturated carbocycles. The highest BCUT2D eigenvalue weighted by atomic mass is 127.